The minimum absolute atomic E-state index is 0.287. The molecule has 0 aliphatic carbocycles. The molecule has 2 aromatic carbocycles. The van der Waals surface area contributed by atoms with Crippen molar-refractivity contribution in [2.45, 2.75) is 44.2 Å². The Bertz CT molecular complexity index is 974. The number of benzene rings is 2. The van der Waals surface area contributed by atoms with E-state index in [2.05, 4.69) is 70.1 Å². The molecule has 0 N–H and O–H groups in total. The summed E-state index contributed by atoms with van der Waals surface area (Å²) in [5, 5.41) is 0. The lowest BCUT2D eigenvalue weighted by molar-refractivity contribution is 0.102. The normalized spacial score (nSPS) is 22.5. The summed E-state index contributed by atoms with van der Waals surface area (Å²) in [4.78, 5) is 18.7. The summed E-state index contributed by atoms with van der Waals surface area (Å²) in [5.41, 5.74) is 3.39. The maximum atomic E-state index is 11.4. The molecule has 2 aliphatic rings. The van der Waals surface area contributed by atoms with Crippen molar-refractivity contribution in [2.24, 2.45) is 5.92 Å². The van der Waals surface area contributed by atoms with Crippen molar-refractivity contribution < 1.29 is 4.79 Å². The summed E-state index contributed by atoms with van der Waals surface area (Å²) in [6.07, 6.45) is 7.52. The second-order valence-corrected chi connectivity index (χ2v) is 8.82. The second kappa shape index (κ2) is 8.57. The molecule has 3 aromatic rings. The van der Waals surface area contributed by atoms with Crippen LogP contribution in [0.15, 0.2) is 66.9 Å². The number of hydrogen-bond donors (Lipinski definition) is 0. The van der Waals surface area contributed by atoms with Gasteiger partial charge in [-0.2, -0.15) is 0 Å². The summed E-state index contributed by atoms with van der Waals surface area (Å²) in [6, 6.07) is 21.9. The number of likely N-dealkylation sites (tertiary alicyclic amines) is 1. The van der Waals surface area contributed by atoms with Crippen LogP contribution in [0.5, 0.6) is 0 Å². The first kappa shape index (κ1) is 19.3. The number of imidazole rings is 1. The molecule has 154 valence electrons. The first-order valence-corrected chi connectivity index (χ1v) is 11.2. The van der Waals surface area contributed by atoms with Gasteiger partial charge in [0.25, 0.3) is 0 Å². The minimum atomic E-state index is 0.287. The van der Waals surface area contributed by atoms with Gasteiger partial charge in [-0.15, -0.1) is 0 Å². The molecule has 0 spiro atoms. The number of aldehydes is 1. The van der Waals surface area contributed by atoms with Gasteiger partial charge in [-0.25, -0.2) is 4.98 Å². The predicted molar refractivity (Wildman–Crippen MR) is 119 cm³/mol. The number of rotatable bonds is 5. The average Bonchev–Trinajstić information content (AvgIpc) is 3.24. The quantitative estimate of drug-likeness (QED) is 0.574. The molecular weight excluding hydrogens is 370 g/mol. The van der Waals surface area contributed by atoms with Crippen LogP contribution in [0, 0.1) is 5.92 Å². The predicted octanol–water partition coefficient (Wildman–Crippen LogP) is 4.88. The molecule has 2 unspecified atom stereocenters. The van der Waals surface area contributed by atoms with E-state index in [1.807, 2.05) is 6.20 Å². The Labute approximate surface area is 178 Å². The van der Waals surface area contributed by atoms with Crippen molar-refractivity contribution in [3.05, 3.63) is 89.5 Å². The van der Waals surface area contributed by atoms with E-state index in [1.165, 1.54) is 30.4 Å². The Morgan fingerprint density at radius 2 is 1.67 bits per heavy atom. The zero-order chi connectivity index (χ0) is 20.3. The fourth-order valence-corrected chi connectivity index (χ4v) is 5.30. The Hall–Kier alpha value is -2.72. The molecule has 0 saturated carbocycles. The van der Waals surface area contributed by atoms with Crippen LogP contribution in [0.3, 0.4) is 0 Å². The standard InChI is InChI=1S/C26H29N3O/c30-19-24-18-29-17-23(22-9-5-2-6-10-22)16-25(26(29)27-24)28-13-11-21(12-14-28)15-20-7-3-1-4-8-20/h1-10,18-19,21,23,25H,11-17H2. The Kier molecular flexibility index (Phi) is 5.50. The van der Waals surface area contributed by atoms with Gasteiger partial charge in [0.05, 0.1) is 6.04 Å². The number of piperidine rings is 1. The van der Waals surface area contributed by atoms with E-state index in [1.54, 1.807) is 0 Å². The van der Waals surface area contributed by atoms with E-state index >= 15 is 0 Å². The van der Waals surface area contributed by atoms with Gasteiger partial charge in [-0.05, 0) is 55.8 Å². The Morgan fingerprint density at radius 1 is 0.967 bits per heavy atom. The molecule has 5 rings (SSSR count). The molecule has 0 radical (unpaired) electrons. The van der Waals surface area contributed by atoms with Crippen LogP contribution in [-0.2, 0) is 13.0 Å². The average molecular weight is 400 g/mol. The van der Waals surface area contributed by atoms with E-state index in [0.29, 0.717) is 11.6 Å². The summed E-state index contributed by atoms with van der Waals surface area (Å²) in [7, 11) is 0. The van der Waals surface area contributed by atoms with Crippen LogP contribution in [0.1, 0.15) is 58.7 Å². The van der Waals surface area contributed by atoms with Crippen molar-refractivity contribution in [1.82, 2.24) is 14.5 Å². The van der Waals surface area contributed by atoms with Crippen LogP contribution in [0.25, 0.3) is 0 Å². The van der Waals surface area contributed by atoms with E-state index < -0.39 is 0 Å². The number of nitrogens with zero attached hydrogens (tertiary/aromatic N) is 3. The van der Waals surface area contributed by atoms with Gasteiger partial charge >= 0.3 is 0 Å². The largest absolute Gasteiger partial charge is 0.332 e. The van der Waals surface area contributed by atoms with E-state index in [4.69, 9.17) is 4.98 Å². The molecule has 30 heavy (non-hydrogen) atoms. The second-order valence-electron chi connectivity index (χ2n) is 8.82. The monoisotopic (exact) mass is 399 g/mol. The van der Waals surface area contributed by atoms with Gasteiger partial charge in [-0.3, -0.25) is 9.69 Å². The fraction of sp³-hybridized carbons (Fsp3) is 0.385. The molecule has 1 aromatic heterocycles. The molecular formula is C26H29N3O. The third-order valence-electron chi connectivity index (χ3n) is 6.90. The first-order chi connectivity index (χ1) is 14.8. The summed E-state index contributed by atoms with van der Waals surface area (Å²) >= 11 is 0. The SMILES string of the molecule is O=Cc1cn2c(n1)C(N1CCC(Cc3ccccc3)CC1)CC(c1ccccc1)C2. The molecule has 4 heteroatoms. The molecule has 2 atom stereocenters. The Balaban J connectivity index is 1.33. The third kappa shape index (κ3) is 3.97. The highest BCUT2D eigenvalue weighted by molar-refractivity contribution is 5.71. The summed E-state index contributed by atoms with van der Waals surface area (Å²) in [6.45, 7) is 3.11. The topological polar surface area (TPSA) is 38.1 Å². The lowest BCUT2D eigenvalue weighted by Crippen LogP contribution is -2.41. The summed E-state index contributed by atoms with van der Waals surface area (Å²) in [5.74, 6) is 2.28. The van der Waals surface area contributed by atoms with Crippen LogP contribution in [0.2, 0.25) is 0 Å². The van der Waals surface area contributed by atoms with Crippen molar-refractivity contribution in [3.63, 3.8) is 0 Å². The molecule has 3 heterocycles. The number of fused-ring (bicyclic) bond motifs is 1. The van der Waals surface area contributed by atoms with Gasteiger partial charge in [0.2, 0.25) is 0 Å². The molecule has 2 aliphatic heterocycles. The van der Waals surface area contributed by atoms with Gasteiger partial charge in [0.1, 0.15) is 11.5 Å². The van der Waals surface area contributed by atoms with Crippen molar-refractivity contribution in [2.75, 3.05) is 13.1 Å². The van der Waals surface area contributed by atoms with Gasteiger partial charge < -0.3 is 4.57 Å². The lowest BCUT2D eigenvalue weighted by atomic mass is 9.85. The van der Waals surface area contributed by atoms with Gasteiger partial charge in [0.15, 0.2) is 6.29 Å². The highest BCUT2D eigenvalue weighted by Gasteiger charge is 2.35. The Morgan fingerprint density at radius 3 is 2.37 bits per heavy atom. The molecule has 1 saturated heterocycles. The molecule has 4 nitrogen and oxygen atoms in total. The minimum Gasteiger partial charge on any atom is -0.332 e. The first-order valence-electron chi connectivity index (χ1n) is 11.2. The van der Waals surface area contributed by atoms with Crippen molar-refractivity contribution in [3.8, 4) is 0 Å². The van der Waals surface area contributed by atoms with Gasteiger partial charge in [0, 0.05) is 18.7 Å². The van der Waals surface area contributed by atoms with E-state index in [9.17, 15) is 4.79 Å². The fourth-order valence-electron chi connectivity index (χ4n) is 5.30. The van der Waals surface area contributed by atoms with Crippen molar-refractivity contribution in [1.29, 1.82) is 0 Å². The van der Waals surface area contributed by atoms with Crippen LogP contribution < -0.4 is 0 Å². The molecule has 0 amide bonds. The van der Waals surface area contributed by atoms with Crippen LogP contribution in [-0.4, -0.2) is 33.8 Å². The smallest absolute Gasteiger partial charge is 0.170 e. The molecule has 0 bridgehead atoms. The van der Waals surface area contributed by atoms with Crippen LogP contribution in [0.4, 0.5) is 0 Å². The third-order valence-corrected chi connectivity index (χ3v) is 6.90. The number of carbonyl (C=O) groups is 1. The highest BCUT2D eigenvalue weighted by Crippen LogP contribution is 2.40. The number of aromatic nitrogens is 2. The van der Waals surface area contributed by atoms with Crippen molar-refractivity contribution >= 4 is 6.29 Å². The zero-order valence-electron chi connectivity index (χ0n) is 17.4. The van der Waals surface area contributed by atoms with E-state index in [-0.39, 0.29) is 6.04 Å². The van der Waals surface area contributed by atoms with Crippen LogP contribution >= 0.6 is 0 Å². The number of carbonyl (C=O) groups excluding carboxylic acids is 1. The summed E-state index contributed by atoms with van der Waals surface area (Å²) < 4.78 is 2.23. The van der Waals surface area contributed by atoms with Gasteiger partial charge in [-0.1, -0.05) is 60.7 Å². The maximum absolute atomic E-state index is 11.4. The lowest BCUT2D eigenvalue weighted by Gasteiger charge is -2.41. The highest BCUT2D eigenvalue weighted by atomic mass is 16.1. The molecule has 1 fully saturated rings. The van der Waals surface area contributed by atoms with E-state index in [0.717, 1.165) is 44.1 Å². The maximum Gasteiger partial charge on any atom is 0.170 e. The number of hydrogen-bond acceptors (Lipinski definition) is 3. The zero-order valence-corrected chi connectivity index (χ0v) is 17.4.